The number of methoxy groups -OCH3 is 1. The summed E-state index contributed by atoms with van der Waals surface area (Å²) in [4.78, 5) is 0. The van der Waals surface area contributed by atoms with Gasteiger partial charge in [0.15, 0.2) is 0 Å². The molecule has 2 N–H and O–H groups in total. The summed E-state index contributed by atoms with van der Waals surface area (Å²) in [7, 11) is 1.67. The zero-order valence-corrected chi connectivity index (χ0v) is 11.4. The second-order valence-corrected chi connectivity index (χ2v) is 4.52. The van der Waals surface area contributed by atoms with Gasteiger partial charge >= 0.3 is 6.01 Å². The molecule has 0 amide bonds. The van der Waals surface area contributed by atoms with E-state index in [-0.39, 0.29) is 0 Å². The minimum absolute atomic E-state index is 0.380. The van der Waals surface area contributed by atoms with Gasteiger partial charge in [-0.3, -0.25) is 0 Å². The number of nitrogens with zero attached hydrogens (tertiary/aromatic N) is 2. The molecule has 1 aliphatic rings. The third-order valence-corrected chi connectivity index (χ3v) is 2.99. The summed E-state index contributed by atoms with van der Waals surface area (Å²) in [6, 6.07) is 0.474. The molecule has 1 aromatic rings. The summed E-state index contributed by atoms with van der Waals surface area (Å²) in [5, 5.41) is 14.2. The lowest BCUT2D eigenvalue weighted by atomic mass is 10.2. The average Bonchev–Trinajstić information content (AvgIpc) is 3.07. The standard InChI is InChI=1S/C12H22N4O3/c1-17-8-6-13-9-11-15-16-12(19-11)14-5-4-10-3-2-7-18-10/h10,13H,2-9H2,1H3,(H,14,16). The van der Waals surface area contributed by atoms with Crippen molar-refractivity contribution in [1.82, 2.24) is 15.5 Å². The summed E-state index contributed by atoms with van der Waals surface area (Å²) >= 11 is 0. The first-order valence-corrected chi connectivity index (χ1v) is 6.76. The first-order chi connectivity index (χ1) is 9.38. The van der Waals surface area contributed by atoms with E-state index in [0.717, 1.165) is 32.5 Å². The van der Waals surface area contributed by atoms with Gasteiger partial charge in [0.05, 0.1) is 19.3 Å². The largest absolute Gasteiger partial charge is 0.407 e. The van der Waals surface area contributed by atoms with Crippen molar-refractivity contribution in [1.29, 1.82) is 0 Å². The van der Waals surface area contributed by atoms with Crippen molar-refractivity contribution >= 4 is 6.01 Å². The molecule has 19 heavy (non-hydrogen) atoms. The van der Waals surface area contributed by atoms with Crippen molar-refractivity contribution in [2.45, 2.75) is 31.9 Å². The highest BCUT2D eigenvalue weighted by atomic mass is 16.5. The third-order valence-electron chi connectivity index (χ3n) is 2.99. The minimum Gasteiger partial charge on any atom is -0.407 e. The van der Waals surface area contributed by atoms with Crippen LogP contribution in [0.2, 0.25) is 0 Å². The Hall–Kier alpha value is -1.18. The van der Waals surface area contributed by atoms with Crippen LogP contribution in [0, 0.1) is 0 Å². The highest BCUT2D eigenvalue weighted by molar-refractivity contribution is 5.16. The topological polar surface area (TPSA) is 81.4 Å². The van der Waals surface area contributed by atoms with Crippen LogP contribution in [0.1, 0.15) is 25.2 Å². The molecule has 1 aliphatic heterocycles. The summed E-state index contributed by atoms with van der Waals surface area (Å²) in [5.41, 5.74) is 0. The maximum absolute atomic E-state index is 5.54. The van der Waals surface area contributed by atoms with Crippen LogP contribution < -0.4 is 10.6 Å². The summed E-state index contributed by atoms with van der Waals surface area (Å²) in [5.74, 6) is 0.579. The van der Waals surface area contributed by atoms with Crippen LogP contribution in [0.3, 0.4) is 0 Å². The molecule has 7 heteroatoms. The molecule has 0 aliphatic carbocycles. The quantitative estimate of drug-likeness (QED) is 0.642. The van der Waals surface area contributed by atoms with Gasteiger partial charge in [-0.2, -0.15) is 0 Å². The van der Waals surface area contributed by atoms with Gasteiger partial charge in [-0.15, -0.1) is 5.10 Å². The van der Waals surface area contributed by atoms with E-state index in [1.165, 1.54) is 6.42 Å². The van der Waals surface area contributed by atoms with Crippen molar-refractivity contribution < 1.29 is 13.9 Å². The maximum atomic E-state index is 5.54. The van der Waals surface area contributed by atoms with Crippen molar-refractivity contribution in [3.63, 3.8) is 0 Å². The Morgan fingerprint density at radius 2 is 2.32 bits per heavy atom. The maximum Gasteiger partial charge on any atom is 0.315 e. The number of aromatic nitrogens is 2. The van der Waals surface area contributed by atoms with Crippen LogP contribution in [0.4, 0.5) is 6.01 Å². The number of hydrogen-bond donors (Lipinski definition) is 2. The van der Waals surface area contributed by atoms with Crippen molar-refractivity contribution in [3.05, 3.63) is 5.89 Å². The van der Waals surface area contributed by atoms with E-state index in [1.807, 2.05) is 0 Å². The van der Waals surface area contributed by atoms with Gasteiger partial charge in [0.2, 0.25) is 5.89 Å². The van der Waals surface area contributed by atoms with E-state index >= 15 is 0 Å². The molecule has 0 saturated carbocycles. The van der Waals surface area contributed by atoms with Gasteiger partial charge < -0.3 is 24.5 Å². The molecule has 1 unspecified atom stereocenters. The molecule has 1 saturated heterocycles. The van der Waals surface area contributed by atoms with Crippen LogP contribution in [0.5, 0.6) is 0 Å². The Morgan fingerprint density at radius 1 is 1.37 bits per heavy atom. The van der Waals surface area contributed by atoms with E-state index in [2.05, 4.69) is 20.8 Å². The fraction of sp³-hybridized carbons (Fsp3) is 0.833. The van der Waals surface area contributed by atoms with Gasteiger partial charge in [-0.25, -0.2) is 0 Å². The third kappa shape index (κ3) is 5.14. The first-order valence-electron chi connectivity index (χ1n) is 6.76. The molecule has 1 aromatic heterocycles. The van der Waals surface area contributed by atoms with E-state index in [1.54, 1.807) is 7.11 Å². The number of anilines is 1. The summed E-state index contributed by atoms with van der Waals surface area (Å²) in [6.07, 6.45) is 3.68. The Bertz CT molecular complexity index is 352. The van der Waals surface area contributed by atoms with E-state index in [0.29, 0.717) is 31.2 Å². The second kappa shape index (κ2) is 8.08. The molecule has 1 fully saturated rings. The molecule has 7 nitrogen and oxygen atoms in total. The molecule has 108 valence electrons. The molecule has 0 spiro atoms. The van der Waals surface area contributed by atoms with Crippen molar-refractivity contribution in [3.8, 4) is 0 Å². The number of nitrogens with one attached hydrogen (secondary N) is 2. The number of rotatable bonds is 9. The molecule has 1 atom stereocenters. The van der Waals surface area contributed by atoms with Crippen molar-refractivity contribution in [2.75, 3.05) is 38.7 Å². The number of hydrogen-bond acceptors (Lipinski definition) is 7. The molecule has 2 heterocycles. The van der Waals surface area contributed by atoms with Crippen molar-refractivity contribution in [2.24, 2.45) is 0 Å². The van der Waals surface area contributed by atoms with Gasteiger partial charge in [0, 0.05) is 26.8 Å². The molecule has 0 bridgehead atoms. The Morgan fingerprint density at radius 3 is 3.11 bits per heavy atom. The predicted octanol–water partition coefficient (Wildman–Crippen LogP) is 0.787. The van der Waals surface area contributed by atoms with Crippen LogP contribution in [0.15, 0.2) is 4.42 Å². The van der Waals surface area contributed by atoms with Gasteiger partial charge in [-0.1, -0.05) is 5.10 Å². The van der Waals surface area contributed by atoms with Gasteiger partial charge in [-0.05, 0) is 19.3 Å². The van der Waals surface area contributed by atoms with Gasteiger partial charge in [0.25, 0.3) is 0 Å². The molecular formula is C12H22N4O3. The first kappa shape index (κ1) is 14.2. The summed E-state index contributed by atoms with van der Waals surface area (Å²) < 4.78 is 15.9. The zero-order valence-electron chi connectivity index (χ0n) is 11.4. The van der Waals surface area contributed by atoms with Crippen LogP contribution in [0.25, 0.3) is 0 Å². The predicted molar refractivity (Wildman–Crippen MR) is 70.0 cm³/mol. The number of ether oxygens (including phenoxy) is 2. The molecular weight excluding hydrogens is 248 g/mol. The molecule has 0 radical (unpaired) electrons. The normalized spacial score (nSPS) is 18.9. The van der Waals surface area contributed by atoms with Crippen LogP contribution in [-0.2, 0) is 16.0 Å². The van der Waals surface area contributed by atoms with E-state index in [9.17, 15) is 0 Å². The Labute approximate surface area is 113 Å². The SMILES string of the molecule is COCCNCc1nnc(NCCC2CCCO2)o1. The Balaban J connectivity index is 1.60. The zero-order chi connectivity index (χ0) is 13.3. The Kier molecular flexibility index (Phi) is 6.06. The molecule has 2 rings (SSSR count). The lowest BCUT2D eigenvalue weighted by Gasteiger charge is -2.08. The fourth-order valence-corrected chi connectivity index (χ4v) is 1.98. The monoisotopic (exact) mass is 270 g/mol. The highest BCUT2D eigenvalue weighted by Crippen LogP contribution is 2.15. The second-order valence-electron chi connectivity index (χ2n) is 4.52. The van der Waals surface area contributed by atoms with E-state index in [4.69, 9.17) is 13.9 Å². The molecule has 0 aromatic carbocycles. The minimum atomic E-state index is 0.380. The highest BCUT2D eigenvalue weighted by Gasteiger charge is 2.15. The fourth-order valence-electron chi connectivity index (χ4n) is 1.98. The lowest BCUT2D eigenvalue weighted by Crippen LogP contribution is -2.18. The summed E-state index contributed by atoms with van der Waals surface area (Å²) in [6.45, 7) is 3.68. The van der Waals surface area contributed by atoms with Gasteiger partial charge in [0.1, 0.15) is 0 Å². The average molecular weight is 270 g/mol. The lowest BCUT2D eigenvalue weighted by molar-refractivity contribution is 0.107. The van der Waals surface area contributed by atoms with Crippen LogP contribution >= 0.6 is 0 Å². The van der Waals surface area contributed by atoms with E-state index < -0.39 is 0 Å². The smallest absolute Gasteiger partial charge is 0.315 e. The van der Waals surface area contributed by atoms with Crippen LogP contribution in [-0.4, -0.2) is 49.7 Å².